The second kappa shape index (κ2) is 5.50. The molecule has 0 saturated carbocycles. The molecule has 2 aromatic heterocycles. The Morgan fingerprint density at radius 3 is 2.68 bits per heavy atom. The summed E-state index contributed by atoms with van der Waals surface area (Å²) in [7, 11) is 1.85. The number of aliphatic hydroxyl groups is 2. The van der Waals surface area contributed by atoms with E-state index in [1.165, 1.54) is 6.33 Å². The minimum atomic E-state index is -0.450. The van der Waals surface area contributed by atoms with Gasteiger partial charge in [0.05, 0.1) is 25.1 Å². The Labute approximate surface area is 111 Å². The van der Waals surface area contributed by atoms with Crippen LogP contribution in [0.1, 0.15) is 19.9 Å². The van der Waals surface area contributed by atoms with Gasteiger partial charge in [-0.1, -0.05) is 0 Å². The third kappa shape index (κ3) is 2.66. The van der Waals surface area contributed by atoms with Crippen LogP contribution in [0.25, 0.3) is 11.2 Å². The van der Waals surface area contributed by atoms with E-state index in [-0.39, 0.29) is 12.6 Å². The molecule has 104 valence electrons. The van der Waals surface area contributed by atoms with E-state index in [9.17, 15) is 10.2 Å². The summed E-state index contributed by atoms with van der Waals surface area (Å²) in [5.74, 6) is 0.676. The third-order valence-corrected chi connectivity index (χ3v) is 2.98. The highest BCUT2D eigenvalue weighted by Crippen LogP contribution is 2.22. The summed E-state index contributed by atoms with van der Waals surface area (Å²) in [6.45, 7) is 4.10. The zero-order valence-electron chi connectivity index (χ0n) is 11.4. The molecule has 0 aliphatic rings. The van der Waals surface area contributed by atoms with Crippen molar-refractivity contribution in [3.05, 3.63) is 12.7 Å². The molecule has 2 rings (SSSR count). The lowest BCUT2D eigenvalue weighted by Crippen LogP contribution is -2.27. The predicted octanol–water partition coefficient (Wildman–Crippen LogP) is 0.197. The summed E-state index contributed by atoms with van der Waals surface area (Å²) in [6.07, 6.45) is 2.67. The molecule has 7 nitrogen and oxygen atoms in total. The van der Waals surface area contributed by atoms with Crippen molar-refractivity contribution >= 4 is 17.0 Å². The van der Waals surface area contributed by atoms with E-state index in [4.69, 9.17) is 0 Å². The van der Waals surface area contributed by atoms with Crippen molar-refractivity contribution in [3.63, 3.8) is 0 Å². The number of aliphatic hydroxyl groups excluding tert-OH is 2. The second-order valence-corrected chi connectivity index (χ2v) is 4.78. The molecule has 0 bridgehead atoms. The first-order valence-electron chi connectivity index (χ1n) is 6.22. The van der Waals surface area contributed by atoms with E-state index in [1.807, 2.05) is 23.4 Å². The van der Waals surface area contributed by atoms with E-state index in [2.05, 4.69) is 15.0 Å². The fourth-order valence-corrected chi connectivity index (χ4v) is 2.01. The van der Waals surface area contributed by atoms with Crippen LogP contribution >= 0.6 is 0 Å². The fraction of sp³-hybridized carbons (Fsp3) is 0.583. The number of hydrogen-bond acceptors (Lipinski definition) is 6. The van der Waals surface area contributed by atoms with Gasteiger partial charge in [-0.05, 0) is 13.8 Å². The maximum absolute atomic E-state index is 9.44. The molecule has 0 unspecified atom stereocenters. The standard InChI is InChI=1S/C12H19N5O2/c1-8(5-18)17-7-15-10-11(13-6-14-12(10)17)16(3)4-9(2)19/h6-9,18-19H,4-5H2,1-3H3/t8-,9-/m0/s1. The van der Waals surface area contributed by atoms with Gasteiger partial charge in [-0.15, -0.1) is 0 Å². The number of nitrogens with zero attached hydrogens (tertiary/aromatic N) is 5. The van der Waals surface area contributed by atoms with E-state index < -0.39 is 6.10 Å². The van der Waals surface area contributed by atoms with Crippen LogP contribution in [0.4, 0.5) is 5.82 Å². The SMILES string of the molecule is C[C@H](O)CN(C)c1ncnc2c1ncn2[C@@H](C)CO. The molecular formula is C12H19N5O2. The number of anilines is 1. The Balaban J connectivity index is 2.44. The van der Waals surface area contributed by atoms with Crippen LogP contribution in [0, 0.1) is 0 Å². The quantitative estimate of drug-likeness (QED) is 0.803. The number of imidazole rings is 1. The van der Waals surface area contributed by atoms with Gasteiger partial charge in [-0.25, -0.2) is 15.0 Å². The number of hydrogen-bond donors (Lipinski definition) is 2. The maximum Gasteiger partial charge on any atom is 0.165 e. The molecule has 2 heterocycles. The molecule has 0 aromatic carbocycles. The normalized spacial score (nSPS) is 14.6. The molecule has 0 aliphatic heterocycles. The van der Waals surface area contributed by atoms with Gasteiger partial charge in [-0.2, -0.15) is 0 Å². The molecule has 2 atom stereocenters. The molecule has 2 N–H and O–H groups in total. The Morgan fingerprint density at radius 1 is 1.32 bits per heavy atom. The van der Waals surface area contributed by atoms with Crippen molar-refractivity contribution < 1.29 is 10.2 Å². The lowest BCUT2D eigenvalue weighted by Gasteiger charge is -2.19. The topological polar surface area (TPSA) is 87.3 Å². The molecule has 0 saturated heterocycles. The summed E-state index contributed by atoms with van der Waals surface area (Å²) in [5, 5.41) is 18.7. The minimum Gasteiger partial charge on any atom is -0.394 e. The molecule has 2 aromatic rings. The molecule has 0 amide bonds. The number of likely N-dealkylation sites (N-methyl/N-ethyl adjacent to an activating group) is 1. The van der Waals surface area contributed by atoms with Gasteiger partial charge in [0, 0.05) is 13.6 Å². The molecule has 0 aliphatic carbocycles. The summed E-state index contributed by atoms with van der Waals surface area (Å²) < 4.78 is 1.82. The van der Waals surface area contributed by atoms with Gasteiger partial charge in [-0.3, -0.25) is 0 Å². The summed E-state index contributed by atoms with van der Waals surface area (Å²) >= 11 is 0. The average molecular weight is 265 g/mol. The first-order chi connectivity index (χ1) is 9.04. The predicted molar refractivity (Wildman–Crippen MR) is 72.1 cm³/mol. The van der Waals surface area contributed by atoms with Crippen molar-refractivity contribution in [2.24, 2.45) is 0 Å². The molecular weight excluding hydrogens is 246 g/mol. The smallest absolute Gasteiger partial charge is 0.165 e. The molecule has 0 spiro atoms. The van der Waals surface area contributed by atoms with Crippen LogP contribution in [0.3, 0.4) is 0 Å². The Morgan fingerprint density at radius 2 is 2.05 bits per heavy atom. The summed E-state index contributed by atoms with van der Waals surface area (Å²) in [5.41, 5.74) is 1.36. The van der Waals surface area contributed by atoms with Crippen LogP contribution < -0.4 is 4.90 Å². The highest BCUT2D eigenvalue weighted by molar-refractivity contribution is 5.83. The van der Waals surface area contributed by atoms with Gasteiger partial charge in [0.1, 0.15) is 6.33 Å². The summed E-state index contributed by atoms with van der Waals surface area (Å²) in [6, 6.07) is -0.0881. The van der Waals surface area contributed by atoms with E-state index in [1.54, 1.807) is 13.3 Å². The zero-order chi connectivity index (χ0) is 14.0. The van der Waals surface area contributed by atoms with Crippen LogP contribution in [0.5, 0.6) is 0 Å². The number of aromatic nitrogens is 4. The third-order valence-electron chi connectivity index (χ3n) is 2.98. The van der Waals surface area contributed by atoms with Gasteiger partial charge >= 0.3 is 0 Å². The minimum absolute atomic E-state index is 0.0221. The van der Waals surface area contributed by atoms with Gasteiger partial charge in [0.2, 0.25) is 0 Å². The van der Waals surface area contributed by atoms with Crippen molar-refractivity contribution in [3.8, 4) is 0 Å². The summed E-state index contributed by atoms with van der Waals surface area (Å²) in [4.78, 5) is 14.6. The molecule has 7 heteroatoms. The first kappa shape index (κ1) is 13.7. The highest BCUT2D eigenvalue weighted by Gasteiger charge is 2.16. The van der Waals surface area contributed by atoms with Crippen LogP contribution in [0.15, 0.2) is 12.7 Å². The van der Waals surface area contributed by atoms with Crippen molar-refractivity contribution in [2.45, 2.75) is 26.0 Å². The van der Waals surface area contributed by atoms with Gasteiger partial charge < -0.3 is 19.7 Å². The van der Waals surface area contributed by atoms with E-state index >= 15 is 0 Å². The lowest BCUT2D eigenvalue weighted by atomic mass is 10.3. The van der Waals surface area contributed by atoms with E-state index in [0.717, 1.165) is 0 Å². The van der Waals surface area contributed by atoms with Crippen molar-refractivity contribution in [1.82, 2.24) is 19.5 Å². The largest absolute Gasteiger partial charge is 0.394 e. The molecule has 19 heavy (non-hydrogen) atoms. The second-order valence-electron chi connectivity index (χ2n) is 4.78. The lowest BCUT2D eigenvalue weighted by molar-refractivity contribution is 0.201. The Bertz CT molecular complexity index is 554. The number of rotatable bonds is 5. The van der Waals surface area contributed by atoms with Crippen LogP contribution in [0.2, 0.25) is 0 Å². The molecule has 0 radical (unpaired) electrons. The van der Waals surface area contributed by atoms with Gasteiger partial charge in [0.25, 0.3) is 0 Å². The molecule has 0 fully saturated rings. The Hall–Kier alpha value is -1.73. The average Bonchev–Trinajstić information content (AvgIpc) is 2.80. The van der Waals surface area contributed by atoms with Crippen LogP contribution in [-0.4, -0.2) is 56.0 Å². The van der Waals surface area contributed by atoms with Crippen LogP contribution in [-0.2, 0) is 0 Å². The monoisotopic (exact) mass is 265 g/mol. The number of fused-ring (bicyclic) bond motifs is 1. The Kier molecular flexibility index (Phi) is 3.96. The maximum atomic E-state index is 9.44. The first-order valence-corrected chi connectivity index (χ1v) is 6.22. The zero-order valence-corrected chi connectivity index (χ0v) is 11.4. The van der Waals surface area contributed by atoms with Gasteiger partial charge in [0.15, 0.2) is 17.0 Å². The van der Waals surface area contributed by atoms with Crippen molar-refractivity contribution in [1.29, 1.82) is 0 Å². The van der Waals surface area contributed by atoms with Crippen molar-refractivity contribution in [2.75, 3.05) is 25.1 Å². The highest BCUT2D eigenvalue weighted by atomic mass is 16.3. The fourth-order valence-electron chi connectivity index (χ4n) is 2.01. The van der Waals surface area contributed by atoms with E-state index in [0.29, 0.717) is 23.5 Å².